The van der Waals surface area contributed by atoms with Crippen LogP contribution < -0.4 is 5.32 Å². The van der Waals surface area contributed by atoms with Gasteiger partial charge in [-0.05, 0) is 43.2 Å². The molecule has 0 bridgehead atoms. The number of nitrogens with zero attached hydrogens (tertiary/aromatic N) is 1. The van der Waals surface area contributed by atoms with Crippen molar-refractivity contribution in [3.8, 4) is 0 Å². The maximum atomic E-state index is 12.7. The number of aryl methyl sites for hydroxylation is 1. The van der Waals surface area contributed by atoms with Crippen molar-refractivity contribution < 1.29 is 9.59 Å². The number of carbonyl (C=O) groups excluding carboxylic acids is 2. The molecule has 3 rings (SSSR count). The average Bonchev–Trinajstić information content (AvgIpc) is 3.19. The van der Waals surface area contributed by atoms with Crippen molar-refractivity contribution in [3.05, 3.63) is 21.9 Å². The lowest BCUT2D eigenvalue weighted by atomic mass is 9.76. The molecule has 2 amide bonds. The molecule has 1 saturated carbocycles. The molecule has 1 spiro atoms. The van der Waals surface area contributed by atoms with Crippen LogP contribution in [-0.4, -0.2) is 36.9 Å². The van der Waals surface area contributed by atoms with Crippen molar-refractivity contribution in [2.45, 2.75) is 32.6 Å². The highest BCUT2D eigenvalue weighted by molar-refractivity contribution is 7.12. The molecule has 1 aromatic heterocycles. The predicted molar refractivity (Wildman–Crippen MR) is 83.4 cm³/mol. The number of thiophene rings is 1. The van der Waals surface area contributed by atoms with Gasteiger partial charge in [0.25, 0.3) is 5.91 Å². The molecule has 1 aliphatic heterocycles. The zero-order valence-corrected chi connectivity index (χ0v) is 13.5. The van der Waals surface area contributed by atoms with E-state index >= 15 is 0 Å². The third-order valence-electron chi connectivity index (χ3n) is 5.20. The number of hydrogen-bond donors (Lipinski definition) is 1. The molecule has 1 aromatic rings. The molecule has 1 aliphatic carbocycles. The van der Waals surface area contributed by atoms with Crippen LogP contribution >= 0.6 is 11.3 Å². The quantitative estimate of drug-likeness (QED) is 0.912. The van der Waals surface area contributed by atoms with Crippen molar-refractivity contribution >= 4 is 23.2 Å². The second-order valence-electron chi connectivity index (χ2n) is 6.33. The Morgan fingerprint density at radius 1 is 1.43 bits per heavy atom. The van der Waals surface area contributed by atoms with Crippen molar-refractivity contribution in [1.82, 2.24) is 10.2 Å². The molecule has 0 aromatic carbocycles. The SMILES string of the molecule is CNC(=O)C1CCCC12CCN(C(=O)c1sccc1C)C2. The first-order valence-electron chi connectivity index (χ1n) is 7.62. The van der Waals surface area contributed by atoms with Crippen molar-refractivity contribution in [2.24, 2.45) is 11.3 Å². The van der Waals surface area contributed by atoms with E-state index in [0.29, 0.717) is 0 Å². The molecule has 5 heteroatoms. The van der Waals surface area contributed by atoms with E-state index < -0.39 is 0 Å². The minimum Gasteiger partial charge on any atom is -0.359 e. The van der Waals surface area contributed by atoms with Gasteiger partial charge in [-0.15, -0.1) is 11.3 Å². The second kappa shape index (κ2) is 5.44. The average molecular weight is 306 g/mol. The van der Waals surface area contributed by atoms with Gasteiger partial charge in [0.2, 0.25) is 5.91 Å². The van der Waals surface area contributed by atoms with Gasteiger partial charge in [-0.3, -0.25) is 9.59 Å². The van der Waals surface area contributed by atoms with E-state index in [1.165, 1.54) is 11.3 Å². The number of nitrogens with one attached hydrogen (secondary N) is 1. The Balaban J connectivity index is 1.77. The van der Waals surface area contributed by atoms with Crippen LogP contribution in [-0.2, 0) is 4.79 Å². The van der Waals surface area contributed by atoms with Crippen LogP contribution in [0.4, 0.5) is 0 Å². The summed E-state index contributed by atoms with van der Waals surface area (Å²) >= 11 is 1.52. The van der Waals surface area contributed by atoms with Crippen molar-refractivity contribution in [1.29, 1.82) is 0 Å². The van der Waals surface area contributed by atoms with E-state index in [1.54, 1.807) is 7.05 Å². The summed E-state index contributed by atoms with van der Waals surface area (Å²) in [6, 6.07) is 1.99. The molecule has 2 unspecified atom stereocenters. The van der Waals surface area contributed by atoms with Gasteiger partial charge in [-0.2, -0.15) is 0 Å². The van der Waals surface area contributed by atoms with E-state index in [1.807, 2.05) is 23.3 Å². The fourth-order valence-electron chi connectivity index (χ4n) is 4.02. The summed E-state index contributed by atoms with van der Waals surface area (Å²) in [4.78, 5) is 27.6. The number of likely N-dealkylation sites (tertiary alicyclic amines) is 1. The summed E-state index contributed by atoms with van der Waals surface area (Å²) < 4.78 is 0. The van der Waals surface area contributed by atoms with Crippen LogP contribution in [0.3, 0.4) is 0 Å². The van der Waals surface area contributed by atoms with Crippen molar-refractivity contribution in [2.75, 3.05) is 20.1 Å². The van der Waals surface area contributed by atoms with Crippen LogP contribution in [0.5, 0.6) is 0 Å². The maximum Gasteiger partial charge on any atom is 0.264 e. The summed E-state index contributed by atoms with van der Waals surface area (Å²) in [7, 11) is 1.71. The Bertz CT molecular complexity index is 568. The van der Waals surface area contributed by atoms with Crippen LogP contribution in [0.2, 0.25) is 0 Å². The molecule has 0 radical (unpaired) electrons. The second-order valence-corrected chi connectivity index (χ2v) is 7.25. The third kappa shape index (κ3) is 2.37. The smallest absolute Gasteiger partial charge is 0.264 e. The zero-order chi connectivity index (χ0) is 15.0. The summed E-state index contributed by atoms with van der Waals surface area (Å²) in [6.45, 7) is 3.50. The summed E-state index contributed by atoms with van der Waals surface area (Å²) in [5, 5.41) is 4.77. The highest BCUT2D eigenvalue weighted by Gasteiger charge is 2.51. The Morgan fingerprint density at radius 3 is 2.90 bits per heavy atom. The zero-order valence-electron chi connectivity index (χ0n) is 12.6. The fourth-order valence-corrected chi connectivity index (χ4v) is 4.91. The Kier molecular flexibility index (Phi) is 3.78. The monoisotopic (exact) mass is 306 g/mol. The first-order chi connectivity index (χ1) is 10.1. The molecule has 2 fully saturated rings. The first kappa shape index (κ1) is 14.6. The van der Waals surface area contributed by atoms with Crippen LogP contribution in [0.15, 0.2) is 11.4 Å². The van der Waals surface area contributed by atoms with E-state index in [2.05, 4.69) is 5.32 Å². The van der Waals surface area contributed by atoms with Crippen LogP contribution in [0.1, 0.15) is 40.9 Å². The van der Waals surface area contributed by atoms with Crippen LogP contribution in [0, 0.1) is 18.3 Å². The van der Waals surface area contributed by atoms with Crippen molar-refractivity contribution in [3.63, 3.8) is 0 Å². The Labute approximate surface area is 129 Å². The van der Waals surface area contributed by atoms with Gasteiger partial charge in [0.1, 0.15) is 0 Å². The Hall–Kier alpha value is -1.36. The number of carbonyl (C=O) groups is 2. The molecular weight excluding hydrogens is 284 g/mol. The van der Waals surface area contributed by atoms with Gasteiger partial charge in [-0.25, -0.2) is 0 Å². The van der Waals surface area contributed by atoms with Gasteiger partial charge in [0.15, 0.2) is 0 Å². The molecule has 1 N–H and O–H groups in total. The topological polar surface area (TPSA) is 49.4 Å². The van der Waals surface area contributed by atoms with E-state index in [-0.39, 0.29) is 23.1 Å². The molecule has 2 atom stereocenters. The highest BCUT2D eigenvalue weighted by atomic mass is 32.1. The van der Waals surface area contributed by atoms with Gasteiger partial charge >= 0.3 is 0 Å². The molecule has 2 aliphatic rings. The lowest BCUT2D eigenvalue weighted by Gasteiger charge is -2.30. The third-order valence-corrected chi connectivity index (χ3v) is 6.20. The standard InChI is InChI=1S/C16H22N2O2S/c1-11-5-9-21-13(11)15(20)18-8-7-16(10-18)6-3-4-12(16)14(19)17-2/h5,9,12H,3-4,6-8,10H2,1-2H3,(H,17,19). The van der Waals surface area contributed by atoms with Gasteiger partial charge < -0.3 is 10.2 Å². The fraction of sp³-hybridized carbons (Fsp3) is 0.625. The Morgan fingerprint density at radius 2 is 2.24 bits per heavy atom. The predicted octanol–water partition coefficient (Wildman–Crippen LogP) is 2.43. The van der Waals surface area contributed by atoms with Crippen LogP contribution in [0.25, 0.3) is 0 Å². The summed E-state index contributed by atoms with van der Waals surface area (Å²) in [5.41, 5.74) is 1.07. The minimum atomic E-state index is 0.0148. The van der Waals surface area contributed by atoms with Gasteiger partial charge in [0.05, 0.1) is 4.88 Å². The molecule has 114 valence electrons. The lowest BCUT2D eigenvalue weighted by Crippen LogP contribution is -2.40. The van der Waals surface area contributed by atoms with Gasteiger partial charge in [-0.1, -0.05) is 6.42 Å². The summed E-state index contributed by atoms with van der Waals surface area (Å²) in [5.74, 6) is 0.362. The first-order valence-corrected chi connectivity index (χ1v) is 8.50. The molecule has 21 heavy (non-hydrogen) atoms. The number of rotatable bonds is 2. The lowest BCUT2D eigenvalue weighted by molar-refractivity contribution is -0.127. The molecule has 2 heterocycles. The highest BCUT2D eigenvalue weighted by Crippen LogP contribution is 2.50. The van der Waals surface area contributed by atoms with E-state index in [0.717, 1.165) is 49.2 Å². The molecule has 4 nitrogen and oxygen atoms in total. The number of hydrogen-bond acceptors (Lipinski definition) is 3. The maximum absolute atomic E-state index is 12.7. The van der Waals surface area contributed by atoms with E-state index in [4.69, 9.17) is 0 Å². The molecular formula is C16H22N2O2S. The van der Waals surface area contributed by atoms with Gasteiger partial charge in [0, 0.05) is 31.5 Å². The minimum absolute atomic E-state index is 0.0148. The normalized spacial score (nSPS) is 28.3. The number of amides is 2. The summed E-state index contributed by atoms with van der Waals surface area (Å²) in [6.07, 6.45) is 4.08. The van der Waals surface area contributed by atoms with E-state index in [9.17, 15) is 9.59 Å². The largest absolute Gasteiger partial charge is 0.359 e. The molecule has 1 saturated heterocycles.